The van der Waals surface area contributed by atoms with Crippen LogP contribution in [0.5, 0.6) is 11.5 Å². The Morgan fingerprint density at radius 3 is 2.14 bits per heavy atom. The molecule has 50 heavy (non-hydrogen) atoms. The summed E-state index contributed by atoms with van der Waals surface area (Å²) in [6.45, 7) is 12.1. The van der Waals surface area contributed by atoms with Crippen LogP contribution in [0.1, 0.15) is 51.3 Å². The predicted molar refractivity (Wildman–Crippen MR) is 208 cm³/mol. The number of para-hydroxylation sites is 2. The Labute approximate surface area is 294 Å². The lowest BCUT2D eigenvalue weighted by Gasteiger charge is -2.28. The van der Waals surface area contributed by atoms with E-state index in [9.17, 15) is 0 Å². The minimum Gasteiger partial charge on any atom is -0.457 e. The van der Waals surface area contributed by atoms with Crippen molar-refractivity contribution in [2.24, 2.45) is 0 Å². The second-order valence-electron chi connectivity index (χ2n) is 14.7. The molecule has 5 aromatic carbocycles. The van der Waals surface area contributed by atoms with Gasteiger partial charge in [0.25, 0.3) is 0 Å². The minimum absolute atomic E-state index is 0.0516. The van der Waals surface area contributed by atoms with Crippen molar-refractivity contribution in [2.45, 2.75) is 45.4 Å². The lowest BCUT2D eigenvalue weighted by atomic mass is 9.78. The molecule has 0 amide bonds. The molecule has 5 nitrogen and oxygen atoms in total. The SMILES string of the molecule is CC(C)(C)c1ccccc1N1C=CN(c2cccc(Oc3ccc4c5ccccc5n(-c5cc(C(C)(C)c6ccccc6)ccn5)c4c3)c2)C1. The number of aromatic nitrogens is 2. The van der Waals surface area contributed by atoms with Gasteiger partial charge in [-0.05, 0) is 70.6 Å². The summed E-state index contributed by atoms with van der Waals surface area (Å²) in [5.41, 5.74) is 8.15. The van der Waals surface area contributed by atoms with E-state index in [1.807, 2.05) is 12.3 Å². The van der Waals surface area contributed by atoms with Crippen LogP contribution in [0.3, 0.4) is 0 Å². The highest BCUT2D eigenvalue weighted by atomic mass is 16.5. The number of ether oxygens (including phenoxy) is 1. The van der Waals surface area contributed by atoms with Crippen LogP contribution in [0.4, 0.5) is 11.4 Å². The molecule has 0 N–H and O–H groups in total. The van der Waals surface area contributed by atoms with Gasteiger partial charge in [0.1, 0.15) is 17.3 Å². The fraction of sp³-hybridized carbons (Fsp3) is 0.178. The summed E-state index contributed by atoms with van der Waals surface area (Å²) in [5, 5.41) is 2.35. The second-order valence-corrected chi connectivity index (χ2v) is 14.7. The first kappa shape index (κ1) is 31.5. The summed E-state index contributed by atoms with van der Waals surface area (Å²) in [6, 6.07) is 46.9. The second kappa shape index (κ2) is 12.3. The predicted octanol–water partition coefficient (Wildman–Crippen LogP) is 11.3. The quantitative estimate of drug-likeness (QED) is 0.171. The molecular weight excluding hydrogens is 613 g/mol. The molecule has 0 radical (unpaired) electrons. The van der Waals surface area contributed by atoms with E-state index in [1.165, 1.54) is 27.8 Å². The maximum Gasteiger partial charge on any atom is 0.137 e. The van der Waals surface area contributed by atoms with E-state index >= 15 is 0 Å². The van der Waals surface area contributed by atoms with Crippen molar-refractivity contribution >= 4 is 33.2 Å². The van der Waals surface area contributed by atoms with E-state index in [0.29, 0.717) is 0 Å². The van der Waals surface area contributed by atoms with Gasteiger partial charge in [0.2, 0.25) is 0 Å². The molecule has 2 aromatic heterocycles. The highest BCUT2D eigenvalue weighted by Gasteiger charge is 2.25. The zero-order valence-corrected chi connectivity index (χ0v) is 29.3. The Bertz CT molecular complexity index is 2360. The summed E-state index contributed by atoms with van der Waals surface area (Å²) in [5.74, 6) is 2.45. The van der Waals surface area contributed by atoms with Crippen LogP contribution in [0.15, 0.2) is 152 Å². The number of fused-ring (bicyclic) bond motifs is 3. The largest absolute Gasteiger partial charge is 0.457 e. The van der Waals surface area contributed by atoms with Crippen LogP contribution in [0, 0.1) is 0 Å². The zero-order chi connectivity index (χ0) is 34.5. The van der Waals surface area contributed by atoms with Crippen molar-refractivity contribution in [3.63, 3.8) is 0 Å². The highest BCUT2D eigenvalue weighted by molar-refractivity contribution is 6.09. The third-order valence-corrected chi connectivity index (χ3v) is 9.97. The molecule has 0 fully saturated rings. The lowest BCUT2D eigenvalue weighted by Crippen LogP contribution is -2.27. The van der Waals surface area contributed by atoms with Crippen LogP contribution in [-0.2, 0) is 10.8 Å². The summed E-state index contributed by atoms with van der Waals surface area (Å²) in [6.07, 6.45) is 6.23. The average Bonchev–Trinajstić information content (AvgIpc) is 3.75. The molecule has 1 aliphatic heterocycles. The first-order valence-corrected chi connectivity index (χ1v) is 17.3. The van der Waals surface area contributed by atoms with Crippen LogP contribution in [0.25, 0.3) is 27.6 Å². The Kier molecular flexibility index (Phi) is 7.71. The molecule has 5 heteroatoms. The van der Waals surface area contributed by atoms with Gasteiger partial charge < -0.3 is 14.5 Å². The van der Waals surface area contributed by atoms with E-state index in [1.54, 1.807) is 0 Å². The highest BCUT2D eigenvalue weighted by Crippen LogP contribution is 2.38. The fourth-order valence-corrected chi connectivity index (χ4v) is 7.18. The third-order valence-electron chi connectivity index (χ3n) is 9.97. The molecule has 0 aliphatic carbocycles. The molecule has 0 unspecified atom stereocenters. The molecular formula is C45H42N4O. The van der Waals surface area contributed by atoms with Gasteiger partial charge in [-0.1, -0.05) is 107 Å². The number of hydrogen-bond donors (Lipinski definition) is 0. The van der Waals surface area contributed by atoms with Crippen molar-refractivity contribution < 1.29 is 4.74 Å². The fourth-order valence-electron chi connectivity index (χ4n) is 7.18. The van der Waals surface area contributed by atoms with E-state index in [0.717, 1.165) is 46.1 Å². The van der Waals surface area contributed by atoms with E-state index < -0.39 is 0 Å². The number of anilines is 2. The van der Waals surface area contributed by atoms with Gasteiger partial charge in [0.15, 0.2) is 0 Å². The van der Waals surface area contributed by atoms with Crippen LogP contribution in [0.2, 0.25) is 0 Å². The van der Waals surface area contributed by atoms with Gasteiger partial charge in [0.05, 0.1) is 17.7 Å². The van der Waals surface area contributed by atoms with E-state index in [4.69, 9.17) is 9.72 Å². The Morgan fingerprint density at radius 1 is 0.580 bits per heavy atom. The van der Waals surface area contributed by atoms with E-state index in [2.05, 4.69) is 189 Å². The monoisotopic (exact) mass is 654 g/mol. The molecule has 0 saturated heterocycles. The zero-order valence-electron chi connectivity index (χ0n) is 29.3. The first-order chi connectivity index (χ1) is 24.2. The van der Waals surface area contributed by atoms with Gasteiger partial charge in [0, 0.05) is 58.3 Å². The van der Waals surface area contributed by atoms with Crippen molar-refractivity contribution in [2.75, 3.05) is 16.5 Å². The third kappa shape index (κ3) is 5.69. The van der Waals surface area contributed by atoms with Gasteiger partial charge in [-0.25, -0.2) is 4.98 Å². The average molecular weight is 655 g/mol. The first-order valence-electron chi connectivity index (χ1n) is 17.3. The molecule has 8 rings (SSSR count). The standard InChI is InChI=1S/C45H42N4O/c1-44(2,3)39-19-10-12-21-41(39)48-27-26-47(31-48)34-16-13-17-35(29-34)50-36-22-23-38-37-18-9-11-20-40(37)49(42(38)30-36)43-28-33(24-25-46-43)45(4,5)32-14-7-6-8-15-32/h6-30H,31H2,1-5H3. The molecule has 7 aromatic rings. The molecule has 1 aliphatic rings. The van der Waals surface area contributed by atoms with Gasteiger partial charge in [-0.2, -0.15) is 0 Å². The smallest absolute Gasteiger partial charge is 0.137 e. The molecule has 0 atom stereocenters. The minimum atomic E-state index is -0.186. The number of benzene rings is 5. The maximum atomic E-state index is 6.59. The Balaban J connectivity index is 1.11. The maximum absolute atomic E-state index is 6.59. The van der Waals surface area contributed by atoms with Gasteiger partial charge in [-0.3, -0.25) is 4.57 Å². The van der Waals surface area contributed by atoms with Crippen LogP contribution in [-0.4, -0.2) is 16.2 Å². The molecule has 0 spiro atoms. The molecule has 0 bridgehead atoms. The van der Waals surface area contributed by atoms with Crippen molar-refractivity contribution in [1.29, 1.82) is 0 Å². The summed E-state index contributed by atoms with van der Waals surface area (Å²) >= 11 is 0. The van der Waals surface area contributed by atoms with Crippen molar-refractivity contribution in [3.8, 4) is 17.3 Å². The Morgan fingerprint density at radius 2 is 1.30 bits per heavy atom. The lowest BCUT2D eigenvalue weighted by molar-refractivity contribution is 0.483. The molecule has 0 saturated carbocycles. The number of pyridine rings is 1. The van der Waals surface area contributed by atoms with Crippen LogP contribution >= 0.6 is 0 Å². The summed E-state index contributed by atoms with van der Waals surface area (Å²) in [7, 11) is 0. The number of nitrogens with zero attached hydrogens (tertiary/aromatic N) is 4. The molecule has 3 heterocycles. The number of rotatable bonds is 7. The van der Waals surface area contributed by atoms with Gasteiger partial charge in [-0.15, -0.1) is 0 Å². The topological polar surface area (TPSA) is 33.5 Å². The Hall–Kier alpha value is -5.81. The van der Waals surface area contributed by atoms with Gasteiger partial charge >= 0.3 is 0 Å². The van der Waals surface area contributed by atoms with Crippen molar-refractivity contribution in [3.05, 3.63) is 169 Å². The molecule has 248 valence electrons. The van der Waals surface area contributed by atoms with Crippen molar-refractivity contribution in [1.82, 2.24) is 9.55 Å². The van der Waals surface area contributed by atoms with Crippen LogP contribution < -0.4 is 14.5 Å². The summed E-state index contributed by atoms with van der Waals surface area (Å²) in [4.78, 5) is 9.47. The van der Waals surface area contributed by atoms with E-state index in [-0.39, 0.29) is 10.8 Å². The summed E-state index contributed by atoms with van der Waals surface area (Å²) < 4.78 is 8.85. The normalized spacial score (nSPS) is 13.5. The number of hydrogen-bond acceptors (Lipinski definition) is 4.